The normalized spacial score (nSPS) is 10.4. The van der Waals surface area contributed by atoms with Gasteiger partial charge < -0.3 is 15.2 Å². The first-order chi connectivity index (χ1) is 10.2. The molecule has 0 bridgehead atoms. The average Bonchev–Trinajstić information content (AvgIpc) is 2.52. The second-order valence-electron chi connectivity index (χ2n) is 4.71. The van der Waals surface area contributed by atoms with Gasteiger partial charge in [-0.25, -0.2) is 0 Å². The molecule has 2 aromatic carbocycles. The van der Waals surface area contributed by atoms with Gasteiger partial charge in [-0.1, -0.05) is 42.8 Å². The van der Waals surface area contributed by atoms with Crippen LogP contribution in [0.1, 0.15) is 24.5 Å². The van der Waals surface area contributed by atoms with E-state index in [-0.39, 0.29) is 0 Å². The van der Waals surface area contributed by atoms with Gasteiger partial charge in [-0.2, -0.15) is 0 Å². The first-order valence-corrected chi connectivity index (χ1v) is 7.44. The van der Waals surface area contributed by atoms with Gasteiger partial charge in [-0.15, -0.1) is 0 Å². The predicted molar refractivity (Wildman–Crippen MR) is 85.9 cm³/mol. The molecule has 0 amide bonds. The van der Waals surface area contributed by atoms with Crippen molar-refractivity contribution in [2.45, 2.75) is 26.5 Å². The van der Waals surface area contributed by atoms with Crippen LogP contribution < -0.4 is 15.2 Å². The molecular formula is C17H20ClNO2. The topological polar surface area (TPSA) is 44.5 Å². The summed E-state index contributed by atoms with van der Waals surface area (Å²) in [6.07, 6.45) is 0.959. The maximum Gasteiger partial charge on any atom is 0.161 e. The van der Waals surface area contributed by atoms with Crippen molar-refractivity contribution in [1.82, 2.24) is 0 Å². The van der Waals surface area contributed by atoms with Gasteiger partial charge >= 0.3 is 0 Å². The lowest BCUT2D eigenvalue weighted by atomic mass is 10.1. The van der Waals surface area contributed by atoms with Gasteiger partial charge in [0.1, 0.15) is 6.61 Å². The molecule has 3 nitrogen and oxygen atoms in total. The van der Waals surface area contributed by atoms with Crippen LogP contribution in [0.3, 0.4) is 0 Å². The van der Waals surface area contributed by atoms with E-state index in [1.54, 1.807) is 0 Å². The molecule has 0 aromatic heterocycles. The van der Waals surface area contributed by atoms with Crippen LogP contribution in [-0.4, -0.2) is 6.61 Å². The highest BCUT2D eigenvalue weighted by Gasteiger charge is 2.06. The number of para-hydroxylation sites is 2. The van der Waals surface area contributed by atoms with Crippen LogP contribution in [0.25, 0.3) is 0 Å². The fourth-order valence-corrected chi connectivity index (χ4v) is 2.15. The van der Waals surface area contributed by atoms with Crippen molar-refractivity contribution in [3.05, 3.63) is 58.6 Å². The van der Waals surface area contributed by atoms with E-state index in [0.717, 1.165) is 29.0 Å². The number of hydrogen-bond donors (Lipinski definition) is 1. The van der Waals surface area contributed by atoms with Gasteiger partial charge in [0.2, 0.25) is 0 Å². The van der Waals surface area contributed by atoms with Crippen LogP contribution >= 0.6 is 11.6 Å². The van der Waals surface area contributed by atoms with Crippen LogP contribution in [0.4, 0.5) is 0 Å². The van der Waals surface area contributed by atoms with Crippen LogP contribution in [-0.2, 0) is 13.2 Å². The van der Waals surface area contributed by atoms with Crippen molar-refractivity contribution in [3.63, 3.8) is 0 Å². The average molecular weight is 306 g/mol. The van der Waals surface area contributed by atoms with E-state index < -0.39 is 0 Å². The lowest BCUT2D eigenvalue weighted by molar-refractivity contribution is 0.262. The number of nitrogens with two attached hydrogens (primary N) is 1. The van der Waals surface area contributed by atoms with E-state index in [4.69, 9.17) is 26.8 Å². The van der Waals surface area contributed by atoms with Crippen molar-refractivity contribution in [2.75, 3.05) is 6.61 Å². The summed E-state index contributed by atoms with van der Waals surface area (Å²) in [4.78, 5) is 0. The Bertz CT molecular complexity index is 587. The molecule has 112 valence electrons. The highest BCUT2D eigenvalue weighted by atomic mass is 35.5. The molecule has 0 saturated carbocycles. The molecule has 0 unspecified atom stereocenters. The molecule has 0 aliphatic heterocycles. The molecule has 2 N–H and O–H groups in total. The number of benzene rings is 2. The number of rotatable bonds is 7. The fraction of sp³-hybridized carbons (Fsp3) is 0.294. The molecule has 0 atom stereocenters. The molecule has 21 heavy (non-hydrogen) atoms. The lowest BCUT2D eigenvalue weighted by Gasteiger charge is -2.13. The molecule has 0 fully saturated rings. The second-order valence-corrected chi connectivity index (χ2v) is 5.12. The molecule has 0 radical (unpaired) electrons. The minimum absolute atomic E-state index is 0.399. The van der Waals surface area contributed by atoms with Crippen molar-refractivity contribution in [1.29, 1.82) is 0 Å². The zero-order valence-electron chi connectivity index (χ0n) is 12.1. The van der Waals surface area contributed by atoms with Crippen LogP contribution in [0, 0.1) is 0 Å². The summed E-state index contributed by atoms with van der Waals surface area (Å²) in [5, 5.41) is 0.671. The van der Waals surface area contributed by atoms with E-state index in [9.17, 15) is 0 Å². The van der Waals surface area contributed by atoms with Crippen LogP contribution in [0.2, 0.25) is 5.02 Å². The van der Waals surface area contributed by atoms with Gasteiger partial charge in [0.15, 0.2) is 11.5 Å². The third kappa shape index (κ3) is 4.38. The maximum absolute atomic E-state index is 6.23. The van der Waals surface area contributed by atoms with E-state index in [2.05, 4.69) is 6.92 Å². The highest BCUT2D eigenvalue weighted by molar-refractivity contribution is 6.31. The summed E-state index contributed by atoms with van der Waals surface area (Å²) in [7, 11) is 0. The Hall–Kier alpha value is -1.71. The van der Waals surface area contributed by atoms with E-state index in [1.807, 2.05) is 42.5 Å². The molecule has 4 heteroatoms. The lowest BCUT2D eigenvalue weighted by Crippen LogP contribution is -2.02. The van der Waals surface area contributed by atoms with E-state index >= 15 is 0 Å². The van der Waals surface area contributed by atoms with Gasteiger partial charge in [0.25, 0.3) is 0 Å². The van der Waals surface area contributed by atoms with Crippen molar-refractivity contribution in [3.8, 4) is 11.5 Å². The third-order valence-electron chi connectivity index (χ3n) is 3.05. The third-order valence-corrected chi connectivity index (χ3v) is 3.40. The molecular weight excluding hydrogens is 286 g/mol. The molecule has 0 saturated heterocycles. The Morgan fingerprint density at radius 2 is 1.76 bits per heavy atom. The number of hydrogen-bond acceptors (Lipinski definition) is 3. The maximum atomic E-state index is 6.23. The summed E-state index contributed by atoms with van der Waals surface area (Å²) in [5.74, 6) is 1.49. The fourth-order valence-electron chi connectivity index (χ4n) is 1.89. The van der Waals surface area contributed by atoms with Crippen molar-refractivity contribution >= 4 is 11.6 Å². The predicted octanol–water partition coefficient (Wildman–Crippen LogP) is 4.17. The Morgan fingerprint density at radius 3 is 2.38 bits per heavy atom. The molecule has 0 aliphatic carbocycles. The molecule has 0 aliphatic rings. The quantitative estimate of drug-likeness (QED) is 0.835. The molecule has 2 aromatic rings. The van der Waals surface area contributed by atoms with E-state index in [1.165, 1.54) is 0 Å². The van der Waals surface area contributed by atoms with Crippen LogP contribution in [0.15, 0.2) is 42.5 Å². The summed E-state index contributed by atoms with van der Waals surface area (Å²) in [5.41, 5.74) is 7.53. The Balaban J connectivity index is 2.06. The highest BCUT2D eigenvalue weighted by Crippen LogP contribution is 2.28. The van der Waals surface area contributed by atoms with Gasteiger partial charge in [-0.05, 0) is 30.2 Å². The molecule has 2 rings (SSSR count). The van der Waals surface area contributed by atoms with Gasteiger partial charge in [0.05, 0.1) is 6.61 Å². The summed E-state index contributed by atoms with van der Waals surface area (Å²) in [6, 6.07) is 13.4. The van der Waals surface area contributed by atoms with E-state index in [0.29, 0.717) is 24.8 Å². The van der Waals surface area contributed by atoms with Crippen molar-refractivity contribution < 1.29 is 9.47 Å². The monoisotopic (exact) mass is 305 g/mol. The Morgan fingerprint density at radius 1 is 1.05 bits per heavy atom. The first-order valence-electron chi connectivity index (χ1n) is 7.06. The van der Waals surface area contributed by atoms with Gasteiger partial charge in [-0.3, -0.25) is 0 Å². The SMILES string of the molecule is CCCOc1ccccc1OCc1ccc(CN)cc1Cl. The standard InChI is InChI=1S/C17H20ClNO2/c1-2-9-20-16-5-3-4-6-17(16)21-12-14-8-7-13(11-19)10-15(14)18/h3-8,10H,2,9,11-12,19H2,1H3. The summed E-state index contributed by atoms with van der Waals surface area (Å²) in [6.45, 7) is 3.62. The minimum atomic E-state index is 0.399. The molecule has 0 heterocycles. The zero-order chi connectivity index (χ0) is 15.1. The smallest absolute Gasteiger partial charge is 0.161 e. The van der Waals surface area contributed by atoms with Gasteiger partial charge in [0, 0.05) is 17.1 Å². The summed E-state index contributed by atoms with van der Waals surface area (Å²) < 4.78 is 11.5. The second kappa shape index (κ2) is 7.91. The largest absolute Gasteiger partial charge is 0.490 e. The minimum Gasteiger partial charge on any atom is -0.490 e. The first kappa shape index (κ1) is 15.7. The molecule has 0 spiro atoms. The summed E-state index contributed by atoms with van der Waals surface area (Å²) >= 11 is 6.23. The number of halogens is 1. The van der Waals surface area contributed by atoms with Crippen LogP contribution in [0.5, 0.6) is 11.5 Å². The Labute approximate surface area is 130 Å². The number of ether oxygens (including phenoxy) is 2. The van der Waals surface area contributed by atoms with Crippen molar-refractivity contribution in [2.24, 2.45) is 5.73 Å². The zero-order valence-corrected chi connectivity index (χ0v) is 12.9. The Kier molecular flexibility index (Phi) is 5.90.